The van der Waals surface area contributed by atoms with Crippen molar-refractivity contribution in [2.24, 2.45) is 0 Å². The van der Waals surface area contributed by atoms with E-state index in [2.05, 4.69) is 99.8 Å². The number of para-hydroxylation sites is 2. The van der Waals surface area contributed by atoms with Crippen molar-refractivity contribution in [3.05, 3.63) is 173 Å². The summed E-state index contributed by atoms with van der Waals surface area (Å²) in [5.41, 5.74) is 15.6. The van der Waals surface area contributed by atoms with Crippen molar-refractivity contribution in [1.82, 2.24) is 9.13 Å². The van der Waals surface area contributed by atoms with E-state index in [1.54, 1.807) is 0 Å². The third kappa shape index (κ3) is 4.54. The van der Waals surface area contributed by atoms with Gasteiger partial charge < -0.3 is 9.13 Å². The lowest BCUT2D eigenvalue weighted by molar-refractivity contribution is 1.11. The van der Waals surface area contributed by atoms with Gasteiger partial charge in [-0.25, -0.2) is 0 Å². The summed E-state index contributed by atoms with van der Waals surface area (Å²) >= 11 is 0. The van der Waals surface area contributed by atoms with E-state index in [4.69, 9.17) is 0 Å². The van der Waals surface area contributed by atoms with Gasteiger partial charge in [0.2, 0.25) is 0 Å². The fourth-order valence-electron chi connectivity index (χ4n) is 7.54. The molecular weight excluding hydrogens is 623 g/mol. The summed E-state index contributed by atoms with van der Waals surface area (Å²) in [6.07, 6.45) is 7.91. The SMILES string of the molecule is N#Cc1ccc2c(c1)c1c(n2-c2ccc(-c3cccc(C#N)c3-c3ccccc3-n3c4ccccc4c4c(C#N)cccc43)cc2)C=CC=C=C1. The Bertz CT molecular complexity index is 2980. The van der Waals surface area contributed by atoms with Gasteiger partial charge in [-0.1, -0.05) is 72.8 Å². The maximum atomic E-state index is 10.5. The van der Waals surface area contributed by atoms with Crippen LogP contribution in [0.3, 0.4) is 0 Å². The Hall–Kier alpha value is -7.61. The van der Waals surface area contributed by atoms with E-state index in [9.17, 15) is 15.8 Å². The Kier molecular flexibility index (Phi) is 6.84. The number of nitriles is 3. The second kappa shape index (κ2) is 11.8. The van der Waals surface area contributed by atoms with E-state index in [0.717, 1.165) is 77.6 Å². The quantitative estimate of drug-likeness (QED) is 0.178. The molecule has 0 N–H and O–H groups in total. The molecule has 0 fully saturated rings. The first-order chi connectivity index (χ1) is 25.2. The number of hydrogen-bond donors (Lipinski definition) is 0. The number of benzene rings is 6. The van der Waals surface area contributed by atoms with Crippen LogP contribution in [0.5, 0.6) is 0 Å². The fourth-order valence-corrected chi connectivity index (χ4v) is 7.54. The zero-order chi connectivity index (χ0) is 34.5. The van der Waals surface area contributed by atoms with Crippen LogP contribution in [0.4, 0.5) is 0 Å². The Morgan fingerprint density at radius 2 is 1.29 bits per heavy atom. The van der Waals surface area contributed by atoms with Gasteiger partial charge in [0.1, 0.15) is 0 Å². The summed E-state index contributed by atoms with van der Waals surface area (Å²) in [7, 11) is 0. The van der Waals surface area contributed by atoms with Crippen molar-refractivity contribution in [2.75, 3.05) is 0 Å². The predicted octanol–water partition coefficient (Wildman–Crippen LogP) is 10.9. The first-order valence-corrected chi connectivity index (χ1v) is 16.5. The predicted molar refractivity (Wildman–Crippen MR) is 204 cm³/mol. The van der Waals surface area contributed by atoms with E-state index in [0.29, 0.717) is 16.7 Å². The second-order valence-corrected chi connectivity index (χ2v) is 12.4. The lowest BCUT2D eigenvalue weighted by Gasteiger charge is -2.18. The number of aromatic nitrogens is 2. The molecule has 2 aromatic heterocycles. The zero-order valence-corrected chi connectivity index (χ0v) is 27.2. The van der Waals surface area contributed by atoms with Crippen LogP contribution in [0.2, 0.25) is 0 Å². The summed E-state index contributed by atoms with van der Waals surface area (Å²) in [6.45, 7) is 0. The second-order valence-electron chi connectivity index (χ2n) is 12.4. The molecule has 6 aromatic carbocycles. The number of fused-ring (bicyclic) bond motifs is 6. The zero-order valence-electron chi connectivity index (χ0n) is 27.2. The van der Waals surface area contributed by atoms with E-state index in [-0.39, 0.29) is 0 Å². The van der Waals surface area contributed by atoms with Crippen LogP contribution < -0.4 is 0 Å². The average Bonchev–Trinajstić information content (AvgIpc) is 3.57. The molecule has 0 amide bonds. The van der Waals surface area contributed by atoms with Gasteiger partial charge in [0, 0.05) is 38.5 Å². The molecule has 0 saturated carbocycles. The smallest absolute Gasteiger partial charge is 0.0998 e. The van der Waals surface area contributed by atoms with Gasteiger partial charge in [0.25, 0.3) is 0 Å². The Morgan fingerprint density at radius 3 is 2.14 bits per heavy atom. The van der Waals surface area contributed by atoms with E-state index < -0.39 is 0 Å². The van der Waals surface area contributed by atoms with Crippen LogP contribution in [0.15, 0.2) is 145 Å². The van der Waals surface area contributed by atoms with E-state index >= 15 is 0 Å². The summed E-state index contributed by atoms with van der Waals surface area (Å²) in [4.78, 5) is 0. The largest absolute Gasteiger partial charge is 0.309 e. The third-order valence-corrected chi connectivity index (χ3v) is 9.70. The Balaban J connectivity index is 1.24. The molecule has 0 atom stereocenters. The van der Waals surface area contributed by atoms with Gasteiger partial charge in [-0.3, -0.25) is 0 Å². The van der Waals surface area contributed by atoms with E-state index in [1.807, 2.05) is 85.0 Å². The first kappa shape index (κ1) is 29.5. The molecule has 0 bridgehead atoms. The minimum absolute atomic E-state index is 0.571. The van der Waals surface area contributed by atoms with Gasteiger partial charge in [0.15, 0.2) is 0 Å². The van der Waals surface area contributed by atoms with Crippen LogP contribution in [0, 0.1) is 34.0 Å². The third-order valence-electron chi connectivity index (χ3n) is 9.70. The molecule has 5 nitrogen and oxygen atoms in total. The van der Waals surface area contributed by atoms with Crippen molar-refractivity contribution >= 4 is 44.9 Å². The Morgan fingerprint density at radius 1 is 0.569 bits per heavy atom. The van der Waals surface area contributed by atoms with Crippen molar-refractivity contribution < 1.29 is 0 Å². The molecule has 0 radical (unpaired) electrons. The van der Waals surface area contributed by atoms with Crippen LogP contribution in [0.25, 0.3) is 78.5 Å². The van der Waals surface area contributed by atoms with Gasteiger partial charge >= 0.3 is 0 Å². The van der Waals surface area contributed by atoms with Gasteiger partial charge in [-0.05, 0) is 90.0 Å². The van der Waals surface area contributed by atoms with Crippen molar-refractivity contribution in [1.29, 1.82) is 15.8 Å². The number of nitrogens with zero attached hydrogens (tertiary/aromatic N) is 5. The van der Waals surface area contributed by atoms with Crippen LogP contribution >= 0.6 is 0 Å². The lowest BCUT2D eigenvalue weighted by Crippen LogP contribution is -2.00. The molecule has 9 rings (SSSR count). The van der Waals surface area contributed by atoms with Crippen molar-refractivity contribution in [3.8, 4) is 51.8 Å². The van der Waals surface area contributed by atoms with Crippen molar-refractivity contribution in [3.63, 3.8) is 0 Å². The maximum Gasteiger partial charge on any atom is 0.0998 e. The first-order valence-electron chi connectivity index (χ1n) is 16.5. The van der Waals surface area contributed by atoms with Gasteiger partial charge in [-0.2, -0.15) is 15.8 Å². The fraction of sp³-hybridized carbons (Fsp3) is 0. The highest BCUT2D eigenvalue weighted by atomic mass is 15.0. The number of allylic oxidation sites excluding steroid dienone is 2. The molecule has 234 valence electrons. The lowest BCUT2D eigenvalue weighted by atomic mass is 9.89. The summed E-state index contributed by atoms with van der Waals surface area (Å²) < 4.78 is 4.42. The van der Waals surface area contributed by atoms with Crippen LogP contribution in [-0.4, -0.2) is 9.13 Å². The highest BCUT2D eigenvalue weighted by molar-refractivity contribution is 6.12. The molecule has 1 aliphatic carbocycles. The standard InChI is InChI=1S/C46H25N5/c47-27-30-20-25-43-39(26-30)36-12-2-1-3-16-40(36)50(43)34-23-21-31(22-24-34)35-15-8-10-32(28-48)45(35)37-13-4-6-17-41(37)51-42-18-7-5-14-38(42)46-33(29-49)11-9-19-44(46)51/h1,3-26H. The normalized spacial score (nSPS) is 11.7. The maximum absolute atomic E-state index is 10.5. The topological polar surface area (TPSA) is 81.2 Å². The number of rotatable bonds is 4. The highest BCUT2D eigenvalue weighted by Crippen LogP contribution is 2.42. The molecule has 0 unspecified atom stereocenters. The summed E-state index contributed by atoms with van der Waals surface area (Å²) in [5, 5.41) is 33.1. The molecule has 2 heterocycles. The summed E-state index contributed by atoms with van der Waals surface area (Å²) in [5.74, 6) is 0. The van der Waals surface area contributed by atoms with E-state index in [1.165, 1.54) is 0 Å². The minimum Gasteiger partial charge on any atom is -0.309 e. The summed E-state index contributed by atoms with van der Waals surface area (Å²) in [6, 6.07) is 49.4. The van der Waals surface area contributed by atoms with Crippen molar-refractivity contribution in [2.45, 2.75) is 0 Å². The molecule has 8 aromatic rings. The Labute approximate surface area is 294 Å². The van der Waals surface area contributed by atoms with Crippen LogP contribution in [0.1, 0.15) is 27.9 Å². The molecule has 0 spiro atoms. The average molecular weight is 648 g/mol. The molecular formula is C46H25N5. The van der Waals surface area contributed by atoms with Gasteiger partial charge in [-0.15, -0.1) is 5.73 Å². The minimum atomic E-state index is 0.571. The molecule has 0 saturated heterocycles. The monoisotopic (exact) mass is 647 g/mol. The molecule has 5 heteroatoms. The number of hydrogen-bond acceptors (Lipinski definition) is 3. The molecule has 51 heavy (non-hydrogen) atoms. The highest BCUT2D eigenvalue weighted by Gasteiger charge is 2.21. The van der Waals surface area contributed by atoms with Gasteiger partial charge in [0.05, 0.1) is 62.8 Å². The molecule has 1 aliphatic rings. The molecule has 0 aliphatic heterocycles. The van der Waals surface area contributed by atoms with Crippen LogP contribution in [-0.2, 0) is 0 Å².